The number of alkyl halides is 3. The van der Waals surface area contributed by atoms with E-state index in [9.17, 15) is 27.2 Å². The van der Waals surface area contributed by atoms with Gasteiger partial charge in [0.1, 0.15) is 11.6 Å². The van der Waals surface area contributed by atoms with Crippen LogP contribution in [0.4, 0.5) is 23.2 Å². The van der Waals surface area contributed by atoms with Gasteiger partial charge in [0.2, 0.25) is 5.91 Å². The Kier molecular flexibility index (Phi) is 6.16. The molecule has 178 valence electrons. The van der Waals surface area contributed by atoms with Gasteiger partial charge in [0.25, 0.3) is 5.91 Å². The number of aryl methyl sites for hydroxylation is 2. The highest BCUT2D eigenvalue weighted by Gasteiger charge is 2.34. The smallest absolute Gasteiger partial charge is 0.361 e. The third kappa shape index (κ3) is 4.80. The molecule has 34 heavy (non-hydrogen) atoms. The van der Waals surface area contributed by atoms with Crippen LogP contribution < -0.4 is 5.32 Å². The monoisotopic (exact) mass is 475 g/mol. The standard InChI is InChI=1S/C24H21F4N3O3/c1-13-3-5-16-12-31(23(33)20-9-14(2)34-30-20)8-7-17(16)22(13)29-21(32)11-15-4-6-18(19(25)10-15)24(26,27)28/h3-6,9-10H,7-8,11-12H2,1-2H3,(H,29,32). The summed E-state index contributed by atoms with van der Waals surface area (Å²) >= 11 is 0. The van der Waals surface area contributed by atoms with Crippen LogP contribution in [0.5, 0.6) is 0 Å². The number of carbonyl (C=O) groups is 2. The van der Waals surface area contributed by atoms with Gasteiger partial charge in [-0.05, 0) is 54.7 Å². The topological polar surface area (TPSA) is 75.4 Å². The van der Waals surface area contributed by atoms with Crippen molar-refractivity contribution in [1.29, 1.82) is 0 Å². The van der Waals surface area contributed by atoms with Crippen molar-refractivity contribution >= 4 is 17.5 Å². The summed E-state index contributed by atoms with van der Waals surface area (Å²) in [7, 11) is 0. The molecule has 1 aliphatic rings. The van der Waals surface area contributed by atoms with Gasteiger partial charge in [0.05, 0.1) is 12.0 Å². The summed E-state index contributed by atoms with van der Waals surface area (Å²) in [6, 6.07) is 7.73. The summed E-state index contributed by atoms with van der Waals surface area (Å²) < 4.78 is 57.1. The van der Waals surface area contributed by atoms with E-state index in [1.54, 1.807) is 17.9 Å². The predicted octanol–water partition coefficient (Wildman–Crippen LogP) is 4.83. The number of carbonyl (C=O) groups excluding carboxylic acids is 2. The van der Waals surface area contributed by atoms with Crippen LogP contribution in [-0.4, -0.2) is 28.4 Å². The first-order valence-corrected chi connectivity index (χ1v) is 10.5. The van der Waals surface area contributed by atoms with Crippen molar-refractivity contribution in [3.05, 3.63) is 81.5 Å². The van der Waals surface area contributed by atoms with Crippen LogP contribution in [0.25, 0.3) is 0 Å². The van der Waals surface area contributed by atoms with E-state index in [4.69, 9.17) is 4.52 Å². The van der Waals surface area contributed by atoms with Gasteiger partial charge in [-0.15, -0.1) is 0 Å². The number of nitrogens with zero attached hydrogens (tertiary/aromatic N) is 2. The Morgan fingerprint density at radius 1 is 1.15 bits per heavy atom. The normalized spacial score (nSPS) is 13.5. The molecule has 4 rings (SSSR count). The second kappa shape index (κ2) is 8.92. The number of hydrogen-bond acceptors (Lipinski definition) is 4. The van der Waals surface area contributed by atoms with Crippen molar-refractivity contribution in [1.82, 2.24) is 10.1 Å². The molecule has 0 saturated heterocycles. The summed E-state index contributed by atoms with van der Waals surface area (Å²) in [6.45, 7) is 4.26. The van der Waals surface area contributed by atoms with Gasteiger partial charge in [-0.1, -0.05) is 23.4 Å². The Balaban J connectivity index is 1.49. The van der Waals surface area contributed by atoms with Crippen LogP contribution in [-0.2, 0) is 30.4 Å². The van der Waals surface area contributed by atoms with Crippen molar-refractivity contribution in [3.63, 3.8) is 0 Å². The number of nitrogens with one attached hydrogen (secondary N) is 1. The van der Waals surface area contributed by atoms with E-state index in [2.05, 4.69) is 10.5 Å². The number of hydrogen-bond donors (Lipinski definition) is 1. The van der Waals surface area contributed by atoms with Gasteiger partial charge < -0.3 is 14.7 Å². The van der Waals surface area contributed by atoms with Crippen molar-refractivity contribution in [2.75, 3.05) is 11.9 Å². The molecule has 0 fully saturated rings. The molecule has 2 heterocycles. The number of fused-ring (bicyclic) bond motifs is 1. The van der Waals surface area contributed by atoms with Crippen molar-refractivity contribution in [2.24, 2.45) is 0 Å². The molecule has 3 aromatic rings. The lowest BCUT2D eigenvalue weighted by Gasteiger charge is -2.30. The third-order valence-electron chi connectivity index (χ3n) is 5.71. The van der Waals surface area contributed by atoms with Crippen LogP contribution >= 0.6 is 0 Å². The zero-order valence-electron chi connectivity index (χ0n) is 18.4. The Hall–Kier alpha value is -3.69. The van der Waals surface area contributed by atoms with E-state index in [1.807, 2.05) is 19.1 Å². The van der Waals surface area contributed by atoms with Gasteiger partial charge in [-0.3, -0.25) is 9.59 Å². The van der Waals surface area contributed by atoms with Crippen LogP contribution in [0.3, 0.4) is 0 Å². The SMILES string of the molecule is Cc1cc(C(=O)N2CCc3c(ccc(C)c3NC(=O)Cc3ccc(C(F)(F)F)c(F)c3)C2)no1. The van der Waals surface area contributed by atoms with Crippen molar-refractivity contribution in [2.45, 2.75) is 39.4 Å². The molecule has 0 bridgehead atoms. The number of rotatable bonds is 4. The molecule has 0 spiro atoms. The number of amides is 2. The Bertz CT molecular complexity index is 1270. The molecule has 0 atom stereocenters. The maximum atomic E-state index is 13.8. The van der Waals surface area contributed by atoms with Gasteiger partial charge in [0, 0.05) is 24.8 Å². The first-order valence-electron chi connectivity index (χ1n) is 10.5. The van der Waals surface area contributed by atoms with E-state index < -0.39 is 23.5 Å². The summed E-state index contributed by atoms with van der Waals surface area (Å²) in [5, 5.41) is 6.59. The molecule has 1 aromatic heterocycles. The Morgan fingerprint density at radius 2 is 1.91 bits per heavy atom. The first-order chi connectivity index (χ1) is 16.0. The van der Waals surface area contributed by atoms with Crippen molar-refractivity contribution < 1.29 is 31.7 Å². The molecule has 1 aliphatic heterocycles. The predicted molar refractivity (Wildman–Crippen MR) is 115 cm³/mol. The Labute approximate surface area is 192 Å². The molecule has 0 radical (unpaired) electrons. The lowest BCUT2D eigenvalue weighted by molar-refractivity contribution is -0.140. The fourth-order valence-electron chi connectivity index (χ4n) is 4.02. The molecule has 0 unspecified atom stereocenters. The van der Waals surface area contributed by atoms with Crippen LogP contribution in [0.1, 0.15) is 44.1 Å². The van der Waals surface area contributed by atoms with Crippen LogP contribution in [0, 0.1) is 19.7 Å². The quantitative estimate of drug-likeness (QED) is 0.549. The van der Waals surface area contributed by atoms with Gasteiger partial charge in [-0.25, -0.2) is 4.39 Å². The fourth-order valence-corrected chi connectivity index (χ4v) is 4.02. The average molecular weight is 475 g/mol. The average Bonchev–Trinajstić information content (AvgIpc) is 3.20. The fraction of sp³-hybridized carbons (Fsp3) is 0.292. The molecule has 1 N–H and O–H groups in total. The maximum absolute atomic E-state index is 13.8. The van der Waals surface area contributed by atoms with Gasteiger partial charge >= 0.3 is 6.18 Å². The zero-order chi connectivity index (χ0) is 24.6. The molecule has 2 amide bonds. The highest BCUT2D eigenvalue weighted by Crippen LogP contribution is 2.32. The van der Waals surface area contributed by atoms with E-state index in [1.165, 1.54) is 0 Å². The van der Waals surface area contributed by atoms with Crippen LogP contribution in [0.2, 0.25) is 0 Å². The highest BCUT2D eigenvalue weighted by atomic mass is 19.4. The van der Waals surface area contributed by atoms with E-state index in [-0.39, 0.29) is 23.6 Å². The van der Waals surface area contributed by atoms with Crippen LogP contribution in [0.15, 0.2) is 40.9 Å². The van der Waals surface area contributed by atoms with E-state index in [0.29, 0.717) is 37.0 Å². The molecule has 0 aliphatic carbocycles. The molecule has 10 heteroatoms. The molecule has 0 saturated carbocycles. The largest absolute Gasteiger partial charge is 0.419 e. The van der Waals surface area contributed by atoms with E-state index >= 15 is 0 Å². The molecule has 2 aromatic carbocycles. The number of aromatic nitrogens is 1. The minimum absolute atomic E-state index is 0.130. The number of halogens is 4. The van der Waals surface area contributed by atoms with Gasteiger partial charge in [0.15, 0.2) is 5.69 Å². The summed E-state index contributed by atoms with van der Waals surface area (Å²) in [5.74, 6) is -1.61. The second-order valence-corrected chi connectivity index (χ2v) is 8.23. The molecule has 6 nitrogen and oxygen atoms in total. The second-order valence-electron chi connectivity index (χ2n) is 8.23. The summed E-state index contributed by atoms with van der Waals surface area (Å²) in [6.07, 6.45) is -4.59. The molecular weight excluding hydrogens is 454 g/mol. The maximum Gasteiger partial charge on any atom is 0.419 e. The number of anilines is 1. The third-order valence-corrected chi connectivity index (χ3v) is 5.71. The summed E-state index contributed by atoms with van der Waals surface area (Å²) in [4.78, 5) is 27.0. The minimum atomic E-state index is -4.80. The molecular formula is C24H21F4N3O3. The minimum Gasteiger partial charge on any atom is -0.361 e. The zero-order valence-corrected chi connectivity index (χ0v) is 18.4. The lowest BCUT2D eigenvalue weighted by Crippen LogP contribution is -2.36. The highest BCUT2D eigenvalue weighted by molar-refractivity contribution is 5.95. The van der Waals surface area contributed by atoms with E-state index in [0.717, 1.165) is 28.8 Å². The van der Waals surface area contributed by atoms with Gasteiger partial charge in [-0.2, -0.15) is 13.2 Å². The summed E-state index contributed by atoms with van der Waals surface area (Å²) in [5.41, 5.74) is 2.13. The number of benzene rings is 2. The first kappa shape index (κ1) is 23.5. The van der Waals surface area contributed by atoms with Crippen molar-refractivity contribution in [3.8, 4) is 0 Å². The Morgan fingerprint density at radius 3 is 2.56 bits per heavy atom. The lowest BCUT2D eigenvalue weighted by atomic mass is 9.94.